The average molecular weight is 268 g/mol. The molecule has 0 heterocycles. The van der Waals surface area contributed by atoms with Gasteiger partial charge in [0.05, 0.1) is 0 Å². The Morgan fingerprint density at radius 2 is 1.65 bits per heavy atom. The molecule has 2 rings (SSSR count). The summed E-state index contributed by atoms with van der Waals surface area (Å²) in [6.45, 7) is 8.20. The molecule has 0 aliphatic carbocycles. The fourth-order valence-electron chi connectivity index (χ4n) is 2.51. The Labute approximate surface area is 122 Å². The Hall–Kier alpha value is -1.80. The molecule has 2 N–H and O–H groups in total. The van der Waals surface area contributed by atoms with E-state index >= 15 is 0 Å². The summed E-state index contributed by atoms with van der Waals surface area (Å²) >= 11 is 0. The van der Waals surface area contributed by atoms with Crippen LogP contribution in [-0.2, 0) is 0 Å². The lowest BCUT2D eigenvalue weighted by molar-refractivity contribution is 0.673. The van der Waals surface area contributed by atoms with Crippen LogP contribution in [-0.4, -0.2) is 13.1 Å². The van der Waals surface area contributed by atoms with Gasteiger partial charge in [-0.05, 0) is 44.0 Å². The minimum atomic E-state index is 0.0393. The standard InChI is InChI=1S/C18H24N2/c1-4-20(16-11-9-14(2)10-12-16)13-18(19)17-8-6-5-7-15(17)3/h5-12,18H,4,13,19H2,1-3H3. The summed E-state index contributed by atoms with van der Waals surface area (Å²) < 4.78 is 0. The number of hydrogen-bond donors (Lipinski definition) is 1. The topological polar surface area (TPSA) is 29.3 Å². The smallest absolute Gasteiger partial charge is 0.0475 e. The van der Waals surface area contributed by atoms with Crippen molar-refractivity contribution in [3.63, 3.8) is 0 Å². The summed E-state index contributed by atoms with van der Waals surface area (Å²) in [6.07, 6.45) is 0. The molecular formula is C18H24N2. The Bertz CT molecular complexity index is 546. The van der Waals surface area contributed by atoms with E-state index in [1.807, 2.05) is 0 Å². The SMILES string of the molecule is CCN(CC(N)c1ccccc1C)c1ccc(C)cc1. The molecule has 2 nitrogen and oxygen atoms in total. The molecule has 0 aliphatic rings. The molecular weight excluding hydrogens is 244 g/mol. The van der Waals surface area contributed by atoms with Crippen LogP contribution in [0.2, 0.25) is 0 Å². The van der Waals surface area contributed by atoms with Gasteiger partial charge in [-0.3, -0.25) is 0 Å². The van der Waals surface area contributed by atoms with Gasteiger partial charge in [-0.15, -0.1) is 0 Å². The van der Waals surface area contributed by atoms with Crippen molar-refractivity contribution in [1.29, 1.82) is 0 Å². The number of nitrogens with zero attached hydrogens (tertiary/aromatic N) is 1. The molecule has 20 heavy (non-hydrogen) atoms. The third kappa shape index (κ3) is 3.40. The van der Waals surface area contributed by atoms with Crippen LogP contribution in [0.4, 0.5) is 5.69 Å². The van der Waals surface area contributed by atoms with Gasteiger partial charge in [-0.2, -0.15) is 0 Å². The van der Waals surface area contributed by atoms with E-state index in [4.69, 9.17) is 5.73 Å². The van der Waals surface area contributed by atoms with Gasteiger partial charge in [0.15, 0.2) is 0 Å². The van der Waals surface area contributed by atoms with Crippen LogP contribution >= 0.6 is 0 Å². The first-order valence-corrected chi connectivity index (χ1v) is 7.24. The molecule has 1 unspecified atom stereocenters. The molecule has 0 spiro atoms. The van der Waals surface area contributed by atoms with Crippen molar-refractivity contribution < 1.29 is 0 Å². The van der Waals surface area contributed by atoms with E-state index in [1.54, 1.807) is 0 Å². The molecule has 0 fully saturated rings. The average Bonchev–Trinajstić information content (AvgIpc) is 2.46. The first-order valence-electron chi connectivity index (χ1n) is 7.24. The quantitative estimate of drug-likeness (QED) is 0.893. The molecule has 1 atom stereocenters. The molecule has 2 heteroatoms. The van der Waals surface area contributed by atoms with Crippen molar-refractivity contribution in [2.75, 3.05) is 18.0 Å². The van der Waals surface area contributed by atoms with E-state index in [0.717, 1.165) is 13.1 Å². The minimum absolute atomic E-state index is 0.0393. The normalized spacial score (nSPS) is 12.2. The van der Waals surface area contributed by atoms with Crippen LogP contribution in [0, 0.1) is 13.8 Å². The van der Waals surface area contributed by atoms with Crippen LogP contribution in [0.1, 0.15) is 29.7 Å². The third-order valence-corrected chi connectivity index (χ3v) is 3.79. The van der Waals surface area contributed by atoms with E-state index in [-0.39, 0.29) is 6.04 Å². The van der Waals surface area contributed by atoms with E-state index < -0.39 is 0 Å². The Morgan fingerprint density at radius 3 is 2.25 bits per heavy atom. The first-order chi connectivity index (χ1) is 9.61. The van der Waals surface area contributed by atoms with Crippen molar-refractivity contribution in [2.45, 2.75) is 26.8 Å². The van der Waals surface area contributed by atoms with Gasteiger partial charge < -0.3 is 10.6 Å². The van der Waals surface area contributed by atoms with E-state index in [1.165, 1.54) is 22.4 Å². The fourth-order valence-corrected chi connectivity index (χ4v) is 2.51. The Balaban J connectivity index is 2.14. The molecule has 0 radical (unpaired) electrons. The van der Waals surface area contributed by atoms with Crippen LogP contribution in [0.25, 0.3) is 0 Å². The number of benzene rings is 2. The lowest BCUT2D eigenvalue weighted by Gasteiger charge is -2.27. The summed E-state index contributed by atoms with van der Waals surface area (Å²) in [5.74, 6) is 0. The molecule has 0 bridgehead atoms. The van der Waals surface area contributed by atoms with Gasteiger partial charge in [-0.25, -0.2) is 0 Å². The highest BCUT2D eigenvalue weighted by atomic mass is 15.1. The largest absolute Gasteiger partial charge is 0.370 e. The molecule has 106 valence electrons. The van der Waals surface area contributed by atoms with Crippen LogP contribution in [0.5, 0.6) is 0 Å². The maximum Gasteiger partial charge on any atom is 0.0475 e. The van der Waals surface area contributed by atoms with Crippen molar-refractivity contribution in [1.82, 2.24) is 0 Å². The Morgan fingerprint density at radius 1 is 1.00 bits per heavy atom. The van der Waals surface area contributed by atoms with Crippen molar-refractivity contribution >= 4 is 5.69 Å². The minimum Gasteiger partial charge on any atom is -0.370 e. The molecule has 0 saturated carbocycles. The summed E-state index contributed by atoms with van der Waals surface area (Å²) in [4.78, 5) is 2.33. The lowest BCUT2D eigenvalue weighted by Crippen LogP contribution is -2.32. The zero-order valence-electron chi connectivity index (χ0n) is 12.6. The van der Waals surface area contributed by atoms with Gasteiger partial charge >= 0.3 is 0 Å². The summed E-state index contributed by atoms with van der Waals surface area (Å²) in [6, 6.07) is 17.0. The van der Waals surface area contributed by atoms with Crippen LogP contribution in [0.15, 0.2) is 48.5 Å². The molecule has 2 aromatic carbocycles. The van der Waals surface area contributed by atoms with Crippen molar-refractivity contribution in [2.24, 2.45) is 5.73 Å². The maximum atomic E-state index is 6.40. The number of likely N-dealkylation sites (N-methyl/N-ethyl adjacent to an activating group) is 1. The van der Waals surface area contributed by atoms with Crippen molar-refractivity contribution in [3.8, 4) is 0 Å². The Kier molecular flexibility index (Phi) is 4.80. The first kappa shape index (κ1) is 14.6. The molecule has 0 aromatic heterocycles. The molecule has 0 saturated heterocycles. The van der Waals surface area contributed by atoms with Crippen molar-refractivity contribution in [3.05, 3.63) is 65.2 Å². The van der Waals surface area contributed by atoms with Crippen LogP contribution < -0.4 is 10.6 Å². The van der Waals surface area contributed by atoms with Gasteiger partial charge in [0.1, 0.15) is 0 Å². The van der Waals surface area contributed by atoms with E-state index in [0.29, 0.717) is 0 Å². The lowest BCUT2D eigenvalue weighted by atomic mass is 10.0. The maximum absolute atomic E-state index is 6.40. The second kappa shape index (κ2) is 6.58. The van der Waals surface area contributed by atoms with Gasteiger partial charge in [0, 0.05) is 24.8 Å². The second-order valence-electron chi connectivity index (χ2n) is 5.34. The van der Waals surface area contributed by atoms with Gasteiger partial charge in [0.2, 0.25) is 0 Å². The zero-order valence-corrected chi connectivity index (χ0v) is 12.6. The highest BCUT2D eigenvalue weighted by molar-refractivity contribution is 5.48. The van der Waals surface area contributed by atoms with Gasteiger partial charge in [-0.1, -0.05) is 42.0 Å². The summed E-state index contributed by atoms with van der Waals surface area (Å²) in [7, 11) is 0. The highest BCUT2D eigenvalue weighted by Gasteiger charge is 2.13. The molecule has 0 aliphatic heterocycles. The van der Waals surface area contributed by atoms with E-state index in [2.05, 4.69) is 74.2 Å². The second-order valence-corrected chi connectivity index (χ2v) is 5.34. The predicted octanol–water partition coefficient (Wildman–Crippen LogP) is 3.83. The van der Waals surface area contributed by atoms with E-state index in [9.17, 15) is 0 Å². The monoisotopic (exact) mass is 268 g/mol. The van der Waals surface area contributed by atoms with Crippen LogP contribution in [0.3, 0.4) is 0 Å². The summed E-state index contributed by atoms with van der Waals surface area (Å²) in [5.41, 5.74) is 11.4. The summed E-state index contributed by atoms with van der Waals surface area (Å²) in [5, 5.41) is 0. The molecule has 2 aromatic rings. The third-order valence-electron chi connectivity index (χ3n) is 3.79. The number of nitrogens with two attached hydrogens (primary N) is 1. The molecule has 0 amide bonds. The fraction of sp³-hybridized carbons (Fsp3) is 0.333. The van der Waals surface area contributed by atoms with Gasteiger partial charge in [0.25, 0.3) is 0 Å². The number of aryl methyl sites for hydroxylation is 2. The number of rotatable bonds is 5. The number of anilines is 1. The predicted molar refractivity (Wildman–Crippen MR) is 87.2 cm³/mol. The zero-order chi connectivity index (χ0) is 14.5. The highest BCUT2D eigenvalue weighted by Crippen LogP contribution is 2.20. The number of hydrogen-bond acceptors (Lipinski definition) is 2.